The van der Waals surface area contributed by atoms with E-state index in [4.69, 9.17) is 0 Å². The van der Waals surface area contributed by atoms with Crippen LogP contribution in [0.3, 0.4) is 0 Å². The summed E-state index contributed by atoms with van der Waals surface area (Å²) in [5.41, 5.74) is 2.87. The fourth-order valence-electron chi connectivity index (χ4n) is 2.50. The lowest BCUT2D eigenvalue weighted by Gasteiger charge is -2.13. The molecule has 3 rings (SSSR count). The molecule has 0 radical (unpaired) electrons. The Morgan fingerprint density at radius 3 is 2.76 bits per heavy atom. The molecule has 1 aromatic carbocycles. The van der Waals surface area contributed by atoms with Gasteiger partial charge in [-0.2, -0.15) is 5.10 Å². The predicted molar refractivity (Wildman–Crippen MR) is 102 cm³/mol. The lowest BCUT2D eigenvalue weighted by atomic mass is 10.1. The molecule has 1 fully saturated rings. The van der Waals surface area contributed by atoms with E-state index >= 15 is 0 Å². The summed E-state index contributed by atoms with van der Waals surface area (Å²) in [4.78, 5) is 20.1. The Kier molecular flexibility index (Phi) is 5.71. The average molecular weight is 399 g/mol. The van der Waals surface area contributed by atoms with E-state index in [-0.39, 0.29) is 0 Å². The molecule has 1 heterocycles. The number of aromatic nitrogens is 2. The molecule has 1 aliphatic carbocycles. The van der Waals surface area contributed by atoms with E-state index in [1.807, 2.05) is 43.3 Å². The van der Waals surface area contributed by atoms with Crippen molar-refractivity contribution in [2.75, 3.05) is 0 Å². The second kappa shape index (κ2) is 8.16. The third-order valence-electron chi connectivity index (χ3n) is 3.85. The summed E-state index contributed by atoms with van der Waals surface area (Å²) in [6.07, 6.45) is 10.4. The number of benzene rings is 1. The Balaban J connectivity index is 1.79. The molecule has 1 aromatic heterocycles. The first-order valence-corrected chi connectivity index (χ1v) is 8.99. The summed E-state index contributed by atoms with van der Waals surface area (Å²) in [6.45, 7) is 2.38. The molecule has 0 bridgehead atoms. The van der Waals surface area contributed by atoms with Crippen molar-refractivity contribution in [1.29, 1.82) is 0 Å². The van der Waals surface area contributed by atoms with Crippen molar-refractivity contribution in [3.8, 4) is 11.4 Å². The molecular formula is C19H19BrN4O. The van der Waals surface area contributed by atoms with Crippen LogP contribution in [0.2, 0.25) is 0 Å². The Morgan fingerprint density at radius 1 is 1.36 bits per heavy atom. The van der Waals surface area contributed by atoms with Crippen molar-refractivity contribution in [2.45, 2.75) is 26.3 Å². The maximum Gasteiger partial charge on any atom is 0.230 e. The minimum Gasteiger partial charge on any atom is -0.277 e. The first-order valence-electron chi connectivity index (χ1n) is 8.19. The van der Waals surface area contributed by atoms with Gasteiger partial charge in [-0.25, -0.2) is 15.0 Å². The zero-order chi connectivity index (χ0) is 17.6. The van der Waals surface area contributed by atoms with Gasteiger partial charge < -0.3 is 0 Å². The van der Waals surface area contributed by atoms with Gasteiger partial charge in [0.15, 0.2) is 5.82 Å². The second-order valence-corrected chi connectivity index (χ2v) is 6.84. The van der Waals surface area contributed by atoms with Gasteiger partial charge in [-0.15, -0.1) is 0 Å². The third-order valence-corrected chi connectivity index (χ3v) is 4.26. The first-order chi connectivity index (χ1) is 12.2. The summed E-state index contributed by atoms with van der Waals surface area (Å²) in [6, 6.07) is 7.86. The first kappa shape index (κ1) is 17.5. The fraction of sp³-hybridized carbons (Fsp3) is 0.263. The molecule has 5 nitrogen and oxygen atoms in total. The zero-order valence-electron chi connectivity index (χ0n) is 14.0. The van der Waals surface area contributed by atoms with Gasteiger partial charge in [0, 0.05) is 23.9 Å². The molecule has 128 valence electrons. The van der Waals surface area contributed by atoms with Crippen molar-refractivity contribution in [3.63, 3.8) is 0 Å². The van der Waals surface area contributed by atoms with E-state index < -0.39 is 0 Å². The molecule has 0 aliphatic heterocycles. The van der Waals surface area contributed by atoms with Gasteiger partial charge >= 0.3 is 0 Å². The molecule has 0 N–H and O–H groups in total. The second-order valence-electron chi connectivity index (χ2n) is 5.93. The summed E-state index contributed by atoms with van der Waals surface area (Å²) < 4.78 is 0.838. The summed E-state index contributed by atoms with van der Waals surface area (Å²) in [7, 11) is 0. The third kappa shape index (κ3) is 4.82. The van der Waals surface area contributed by atoms with Crippen LogP contribution >= 0.6 is 15.9 Å². The topological polar surface area (TPSA) is 58.5 Å². The van der Waals surface area contributed by atoms with Crippen LogP contribution in [0.4, 0.5) is 0 Å². The number of carbonyl (C=O) groups excluding carboxylic acids is 1. The number of amides is 1. The van der Waals surface area contributed by atoms with Crippen LogP contribution < -0.4 is 0 Å². The van der Waals surface area contributed by atoms with Crippen LogP contribution in [-0.4, -0.2) is 27.1 Å². The maximum atomic E-state index is 11.4. The lowest BCUT2D eigenvalue weighted by Crippen LogP contribution is -2.17. The fourth-order valence-corrected chi connectivity index (χ4v) is 2.71. The van der Waals surface area contributed by atoms with Crippen LogP contribution in [0.5, 0.6) is 0 Å². The summed E-state index contributed by atoms with van der Waals surface area (Å²) in [5, 5.41) is 5.97. The van der Waals surface area contributed by atoms with E-state index in [9.17, 15) is 4.79 Å². The van der Waals surface area contributed by atoms with Crippen LogP contribution in [0.25, 0.3) is 11.4 Å². The minimum absolute atomic E-state index is 0.418. The van der Waals surface area contributed by atoms with Gasteiger partial charge in [0.2, 0.25) is 6.41 Å². The molecule has 0 saturated heterocycles. The van der Waals surface area contributed by atoms with Gasteiger partial charge in [0.25, 0.3) is 0 Å². The largest absolute Gasteiger partial charge is 0.277 e. The molecule has 6 heteroatoms. The average Bonchev–Trinajstić information content (AvgIpc) is 3.46. The molecule has 0 atom stereocenters. The van der Waals surface area contributed by atoms with Gasteiger partial charge in [0.1, 0.15) is 0 Å². The molecule has 1 aliphatic rings. The Morgan fingerprint density at radius 2 is 2.12 bits per heavy atom. The number of hydrogen-bond acceptors (Lipinski definition) is 4. The Hall–Kier alpha value is -2.34. The number of hydrazone groups is 1. The number of allylic oxidation sites excluding steroid dienone is 2. The highest BCUT2D eigenvalue weighted by atomic mass is 79.9. The number of nitrogens with zero attached hydrogens (tertiary/aromatic N) is 4. The molecule has 0 spiro atoms. The monoisotopic (exact) mass is 398 g/mol. The highest BCUT2D eigenvalue weighted by molar-refractivity contribution is 9.10. The number of rotatable bonds is 7. The van der Waals surface area contributed by atoms with E-state index in [0.717, 1.165) is 40.6 Å². The van der Waals surface area contributed by atoms with E-state index in [1.165, 1.54) is 5.01 Å². The Bertz CT molecular complexity index is 797. The molecule has 1 saturated carbocycles. The highest BCUT2D eigenvalue weighted by Gasteiger charge is 2.26. The zero-order valence-corrected chi connectivity index (χ0v) is 15.6. The number of hydrogen-bond donors (Lipinski definition) is 0. The van der Waals surface area contributed by atoms with Crippen molar-refractivity contribution in [3.05, 3.63) is 58.8 Å². The minimum atomic E-state index is 0.418. The quantitative estimate of drug-likeness (QED) is 0.398. The molecular weight excluding hydrogens is 380 g/mol. The van der Waals surface area contributed by atoms with Crippen LogP contribution in [0.1, 0.15) is 25.3 Å². The molecule has 1 amide bonds. The number of halogens is 1. The van der Waals surface area contributed by atoms with Crippen LogP contribution in [0, 0.1) is 5.92 Å². The molecule has 25 heavy (non-hydrogen) atoms. The summed E-state index contributed by atoms with van der Waals surface area (Å²) >= 11 is 3.34. The van der Waals surface area contributed by atoms with Crippen molar-refractivity contribution in [1.82, 2.24) is 15.0 Å². The van der Waals surface area contributed by atoms with Gasteiger partial charge in [-0.1, -0.05) is 24.3 Å². The van der Waals surface area contributed by atoms with E-state index in [1.54, 1.807) is 12.4 Å². The van der Waals surface area contributed by atoms with Crippen LogP contribution in [-0.2, 0) is 11.3 Å². The SMILES string of the molecule is C/C=C\C(=N/N(C=O)Cc1cccc(-c2ncc(Br)cn2)c1)C1CC1. The van der Waals surface area contributed by atoms with Gasteiger partial charge in [-0.05, 0) is 53.4 Å². The summed E-state index contributed by atoms with van der Waals surface area (Å²) in [5.74, 6) is 1.14. The standard InChI is InChI=1S/C19H19BrN4O/c1-2-4-18(15-7-8-15)23-24(13-25)12-14-5-3-6-16(9-14)19-21-10-17(20)11-22-19/h2-6,9-11,13,15H,7-8,12H2,1H3/b4-2-,23-18+. The van der Waals surface area contributed by atoms with Gasteiger partial charge in [-0.3, -0.25) is 4.79 Å². The van der Waals surface area contributed by atoms with Crippen molar-refractivity contribution < 1.29 is 4.79 Å². The van der Waals surface area contributed by atoms with Crippen LogP contribution in [0.15, 0.2) is 58.4 Å². The predicted octanol–water partition coefficient (Wildman–Crippen LogP) is 4.21. The van der Waals surface area contributed by atoms with E-state index in [2.05, 4.69) is 31.0 Å². The molecule has 2 aromatic rings. The number of carbonyl (C=O) groups is 1. The lowest BCUT2D eigenvalue weighted by molar-refractivity contribution is -0.118. The van der Waals surface area contributed by atoms with Crippen molar-refractivity contribution in [2.24, 2.45) is 11.0 Å². The normalized spacial score (nSPS) is 14.7. The highest BCUT2D eigenvalue weighted by Crippen LogP contribution is 2.31. The smallest absolute Gasteiger partial charge is 0.230 e. The van der Waals surface area contributed by atoms with Crippen molar-refractivity contribution >= 4 is 28.1 Å². The maximum absolute atomic E-state index is 11.4. The van der Waals surface area contributed by atoms with E-state index in [0.29, 0.717) is 18.3 Å². The van der Waals surface area contributed by atoms with Gasteiger partial charge in [0.05, 0.1) is 16.7 Å². The molecule has 0 unspecified atom stereocenters. The Labute approximate surface area is 155 Å².